The van der Waals surface area contributed by atoms with Crippen molar-refractivity contribution in [3.05, 3.63) is 96.0 Å². The summed E-state index contributed by atoms with van der Waals surface area (Å²) >= 11 is 1.62. The van der Waals surface area contributed by atoms with Crippen LogP contribution in [0.15, 0.2) is 94.0 Å². The van der Waals surface area contributed by atoms with Gasteiger partial charge in [0.15, 0.2) is 0 Å². The van der Waals surface area contributed by atoms with E-state index < -0.39 is 6.04 Å². The van der Waals surface area contributed by atoms with Crippen LogP contribution in [0.5, 0.6) is 5.75 Å². The number of hydrogen-bond donors (Lipinski definition) is 1. The second kappa shape index (κ2) is 10.3. The molecule has 1 aromatic heterocycles. The molecule has 36 heavy (non-hydrogen) atoms. The largest absolute Gasteiger partial charge is 0.494 e. The SMILES string of the molecule is CCOc1ccc(-c2noc(C3=C(C)N(c4cccc(SC)c4)C(=O)NC3c3ccccc3)n2)cc1. The van der Waals surface area contributed by atoms with Crippen LogP contribution >= 0.6 is 11.8 Å². The first-order valence-corrected chi connectivity index (χ1v) is 12.9. The Morgan fingerprint density at radius 2 is 1.83 bits per heavy atom. The number of amides is 2. The zero-order valence-corrected chi connectivity index (χ0v) is 21.1. The number of nitrogens with one attached hydrogen (secondary N) is 1. The molecule has 1 aliphatic heterocycles. The maximum atomic E-state index is 13.4. The van der Waals surface area contributed by atoms with Crippen LogP contribution < -0.4 is 15.0 Å². The minimum absolute atomic E-state index is 0.213. The van der Waals surface area contributed by atoms with Gasteiger partial charge in [-0.15, -0.1) is 11.8 Å². The van der Waals surface area contributed by atoms with Crippen LogP contribution in [-0.4, -0.2) is 29.0 Å². The highest BCUT2D eigenvalue weighted by atomic mass is 32.2. The van der Waals surface area contributed by atoms with Crippen molar-refractivity contribution >= 4 is 29.1 Å². The van der Waals surface area contributed by atoms with Gasteiger partial charge in [-0.1, -0.05) is 41.6 Å². The van der Waals surface area contributed by atoms with E-state index >= 15 is 0 Å². The molecule has 0 spiro atoms. The Hall–Kier alpha value is -4.04. The van der Waals surface area contributed by atoms with Gasteiger partial charge in [0.25, 0.3) is 5.89 Å². The third-order valence-electron chi connectivity index (χ3n) is 6.01. The van der Waals surface area contributed by atoms with Gasteiger partial charge in [-0.25, -0.2) is 4.79 Å². The topological polar surface area (TPSA) is 80.5 Å². The molecule has 1 atom stereocenters. The number of benzene rings is 3. The van der Waals surface area contributed by atoms with Gasteiger partial charge in [-0.3, -0.25) is 4.90 Å². The second-order valence-electron chi connectivity index (χ2n) is 8.21. The van der Waals surface area contributed by atoms with Crippen molar-refractivity contribution in [2.45, 2.75) is 24.8 Å². The Balaban J connectivity index is 1.60. The summed E-state index contributed by atoms with van der Waals surface area (Å²) in [5.74, 6) is 1.61. The molecule has 1 N–H and O–H groups in total. The number of urea groups is 1. The summed E-state index contributed by atoms with van der Waals surface area (Å²) in [4.78, 5) is 20.8. The molecule has 0 fully saturated rings. The number of anilines is 1. The van der Waals surface area contributed by atoms with Gasteiger partial charge >= 0.3 is 6.03 Å². The zero-order chi connectivity index (χ0) is 25.1. The fourth-order valence-electron chi connectivity index (χ4n) is 4.29. The van der Waals surface area contributed by atoms with Gasteiger partial charge in [0, 0.05) is 16.2 Å². The fraction of sp³-hybridized carbons (Fsp3) is 0.179. The summed E-state index contributed by atoms with van der Waals surface area (Å²) in [6.07, 6.45) is 2.01. The van der Waals surface area contributed by atoms with E-state index in [9.17, 15) is 4.79 Å². The minimum atomic E-state index is -0.438. The lowest BCUT2D eigenvalue weighted by Crippen LogP contribution is -2.46. The number of thioether (sulfide) groups is 1. The van der Waals surface area contributed by atoms with Crippen LogP contribution in [0.2, 0.25) is 0 Å². The van der Waals surface area contributed by atoms with Crippen LogP contribution in [0.1, 0.15) is 31.3 Å². The normalized spacial score (nSPS) is 15.7. The lowest BCUT2D eigenvalue weighted by molar-refractivity contribution is 0.244. The molecule has 0 radical (unpaired) electrons. The van der Waals surface area contributed by atoms with Gasteiger partial charge in [0.2, 0.25) is 5.82 Å². The highest BCUT2D eigenvalue weighted by Gasteiger charge is 2.36. The average Bonchev–Trinajstić information content (AvgIpc) is 3.39. The first-order valence-electron chi connectivity index (χ1n) is 11.7. The molecular formula is C28H26N4O3S. The number of nitrogens with zero attached hydrogens (tertiary/aromatic N) is 3. The van der Waals surface area contributed by atoms with Crippen LogP contribution in [0.3, 0.4) is 0 Å². The predicted octanol–water partition coefficient (Wildman–Crippen LogP) is 6.56. The molecule has 4 aromatic rings. The van der Waals surface area contributed by atoms with E-state index in [4.69, 9.17) is 14.2 Å². The van der Waals surface area contributed by atoms with Crippen molar-refractivity contribution in [3.8, 4) is 17.1 Å². The molecule has 182 valence electrons. The molecule has 0 saturated carbocycles. The molecule has 2 amide bonds. The Labute approximate surface area is 214 Å². The molecular weight excluding hydrogens is 472 g/mol. The summed E-state index contributed by atoms with van der Waals surface area (Å²) in [6.45, 7) is 4.46. The molecule has 8 heteroatoms. The van der Waals surface area contributed by atoms with Gasteiger partial charge in [0.05, 0.1) is 23.9 Å². The van der Waals surface area contributed by atoms with Crippen molar-refractivity contribution in [1.29, 1.82) is 0 Å². The third kappa shape index (κ3) is 4.59. The average molecular weight is 499 g/mol. The minimum Gasteiger partial charge on any atom is -0.494 e. The van der Waals surface area contributed by atoms with Crippen LogP contribution in [0, 0.1) is 0 Å². The first kappa shape index (κ1) is 23.7. The van der Waals surface area contributed by atoms with Gasteiger partial charge in [0.1, 0.15) is 5.75 Å². The number of carbonyl (C=O) groups excluding carboxylic acids is 1. The van der Waals surface area contributed by atoms with Crippen molar-refractivity contribution < 1.29 is 14.1 Å². The molecule has 2 heterocycles. The molecule has 0 bridgehead atoms. The number of allylic oxidation sites excluding steroid dienone is 1. The van der Waals surface area contributed by atoms with Crippen molar-refractivity contribution in [2.75, 3.05) is 17.8 Å². The van der Waals surface area contributed by atoms with Gasteiger partial charge in [-0.2, -0.15) is 4.98 Å². The highest BCUT2D eigenvalue weighted by Crippen LogP contribution is 2.39. The molecule has 7 nitrogen and oxygen atoms in total. The van der Waals surface area contributed by atoms with Gasteiger partial charge in [-0.05, 0) is 68.1 Å². The van der Waals surface area contributed by atoms with E-state index in [1.807, 2.05) is 99.0 Å². The van der Waals surface area contributed by atoms with Crippen molar-refractivity contribution in [2.24, 2.45) is 0 Å². The van der Waals surface area contributed by atoms with E-state index in [2.05, 4.69) is 10.5 Å². The van der Waals surface area contributed by atoms with E-state index in [0.29, 0.717) is 18.3 Å². The Bertz CT molecular complexity index is 1400. The fourth-order valence-corrected chi connectivity index (χ4v) is 4.75. The predicted molar refractivity (Wildman–Crippen MR) is 142 cm³/mol. The monoisotopic (exact) mass is 498 g/mol. The Morgan fingerprint density at radius 1 is 1.06 bits per heavy atom. The van der Waals surface area contributed by atoms with Crippen LogP contribution in [-0.2, 0) is 0 Å². The lowest BCUT2D eigenvalue weighted by Gasteiger charge is -2.35. The molecule has 0 saturated heterocycles. The smallest absolute Gasteiger partial charge is 0.326 e. The van der Waals surface area contributed by atoms with E-state index in [-0.39, 0.29) is 6.03 Å². The summed E-state index contributed by atoms with van der Waals surface area (Å²) in [5, 5.41) is 7.39. The number of ether oxygens (including phenoxy) is 1. The number of hydrogen-bond acceptors (Lipinski definition) is 6. The lowest BCUT2D eigenvalue weighted by atomic mass is 9.94. The third-order valence-corrected chi connectivity index (χ3v) is 6.73. The molecule has 5 rings (SSSR count). The molecule has 1 aliphatic rings. The van der Waals surface area contributed by atoms with Crippen LogP contribution in [0.4, 0.5) is 10.5 Å². The van der Waals surface area contributed by atoms with Crippen molar-refractivity contribution in [3.63, 3.8) is 0 Å². The summed E-state index contributed by atoms with van der Waals surface area (Å²) in [7, 11) is 0. The number of aromatic nitrogens is 2. The van der Waals surface area contributed by atoms with Crippen molar-refractivity contribution in [1.82, 2.24) is 15.5 Å². The molecule has 3 aromatic carbocycles. The first-order chi connectivity index (χ1) is 17.6. The molecule has 1 unspecified atom stereocenters. The Kier molecular flexibility index (Phi) is 6.77. The maximum absolute atomic E-state index is 13.4. The van der Waals surface area contributed by atoms with Crippen LogP contribution in [0.25, 0.3) is 17.0 Å². The standard InChI is InChI=1S/C28H26N4O3S/c1-4-34-22-15-13-20(14-16-22)26-30-27(35-31-26)24-18(2)32(21-11-8-12-23(17-21)36-3)28(33)29-25(24)19-9-6-5-7-10-19/h5-17,25H,4H2,1-3H3,(H,29,33). The van der Waals surface area contributed by atoms with E-state index in [1.165, 1.54) is 0 Å². The van der Waals surface area contributed by atoms with E-state index in [1.54, 1.807) is 16.7 Å². The summed E-state index contributed by atoms with van der Waals surface area (Å²) < 4.78 is 11.3. The van der Waals surface area contributed by atoms with E-state index in [0.717, 1.165) is 38.7 Å². The second-order valence-corrected chi connectivity index (χ2v) is 9.09. The van der Waals surface area contributed by atoms with Gasteiger partial charge < -0.3 is 14.6 Å². The number of rotatable bonds is 7. The Morgan fingerprint density at radius 3 is 2.56 bits per heavy atom. The molecule has 0 aliphatic carbocycles. The zero-order valence-electron chi connectivity index (χ0n) is 20.3. The number of carbonyl (C=O) groups is 1. The maximum Gasteiger partial charge on any atom is 0.326 e. The summed E-state index contributed by atoms with van der Waals surface area (Å²) in [5.41, 5.74) is 3.99. The highest BCUT2D eigenvalue weighted by molar-refractivity contribution is 7.98. The summed E-state index contributed by atoms with van der Waals surface area (Å²) in [6, 6.07) is 24.6. The quantitative estimate of drug-likeness (QED) is 0.291.